The van der Waals surface area contributed by atoms with Gasteiger partial charge in [0.25, 0.3) is 5.91 Å². The van der Waals surface area contributed by atoms with Gasteiger partial charge in [0.05, 0.1) is 11.9 Å². The van der Waals surface area contributed by atoms with Crippen molar-refractivity contribution in [2.45, 2.75) is 6.92 Å². The molecule has 0 spiro atoms. The maximum absolute atomic E-state index is 12.3. The predicted molar refractivity (Wildman–Crippen MR) is 74.2 cm³/mol. The van der Waals surface area contributed by atoms with E-state index in [1.165, 1.54) is 0 Å². The lowest BCUT2D eigenvalue weighted by Gasteiger charge is -2.07. The first-order valence-electron chi connectivity index (χ1n) is 5.60. The molecule has 3 aromatic heterocycles. The number of fused-ring (bicyclic) bond motifs is 1. The molecule has 3 aromatic rings. The molecule has 0 aliphatic carbocycles. The van der Waals surface area contributed by atoms with E-state index in [1.807, 2.05) is 17.4 Å². The molecule has 0 atom stereocenters. The molecule has 3 heterocycles. The lowest BCUT2D eigenvalue weighted by atomic mass is 10.3. The van der Waals surface area contributed by atoms with Crippen molar-refractivity contribution in [1.29, 1.82) is 0 Å². The van der Waals surface area contributed by atoms with Crippen LogP contribution in [-0.4, -0.2) is 25.5 Å². The summed E-state index contributed by atoms with van der Waals surface area (Å²) in [6.07, 6.45) is 3.28. The monoisotopic (exact) mass is 319 g/mol. The number of aromatic nitrogens is 4. The molecule has 7 heteroatoms. The number of halogens is 1. The SMILES string of the molecule is Cc1cnc2cccc(C(=O)Nc3cn[nH]c3Br)n12. The van der Waals surface area contributed by atoms with Crippen molar-refractivity contribution >= 4 is 33.2 Å². The number of nitrogens with one attached hydrogen (secondary N) is 2. The van der Waals surface area contributed by atoms with Crippen LogP contribution in [0.15, 0.2) is 35.2 Å². The maximum atomic E-state index is 12.3. The number of anilines is 1. The Labute approximate surface area is 117 Å². The van der Waals surface area contributed by atoms with Gasteiger partial charge in [-0.05, 0) is 35.0 Å². The van der Waals surface area contributed by atoms with Gasteiger partial charge in [-0.25, -0.2) is 4.98 Å². The molecule has 19 heavy (non-hydrogen) atoms. The van der Waals surface area contributed by atoms with Gasteiger partial charge in [0.1, 0.15) is 15.9 Å². The molecule has 0 aromatic carbocycles. The predicted octanol–water partition coefficient (Wildman–Crippen LogP) is 2.38. The van der Waals surface area contributed by atoms with Crippen LogP contribution in [0, 0.1) is 6.92 Å². The third kappa shape index (κ3) is 2.01. The van der Waals surface area contributed by atoms with E-state index in [1.54, 1.807) is 24.5 Å². The Kier molecular flexibility index (Phi) is 2.83. The Morgan fingerprint density at radius 1 is 1.42 bits per heavy atom. The van der Waals surface area contributed by atoms with E-state index in [9.17, 15) is 4.79 Å². The number of aryl methyl sites for hydroxylation is 1. The molecule has 0 saturated carbocycles. The summed E-state index contributed by atoms with van der Waals surface area (Å²) in [5.41, 5.74) is 2.78. The van der Waals surface area contributed by atoms with Crippen molar-refractivity contribution in [2.75, 3.05) is 5.32 Å². The molecule has 3 rings (SSSR count). The van der Waals surface area contributed by atoms with E-state index in [4.69, 9.17) is 0 Å². The van der Waals surface area contributed by atoms with Crippen LogP contribution in [0.2, 0.25) is 0 Å². The first-order valence-corrected chi connectivity index (χ1v) is 6.39. The van der Waals surface area contributed by atoms with Gasteiger partial charge in [-0.15, -0.1) is 0 Å². The van der Waals surface area contributed by atoms with E-state index < -0.39 is 0 Å². The van der Waals surface area contributed by atoms with Gasteiger partial charge in [-0.1, -0.05) is 6.07 Å². The molecule has 0 saturated heterocycles. The number of amides is 1. The number of hydrogen-bond donors (Lipinski definition) is 2. The smallest absolute Gasteiger partial charge is 0.272 e. The van der Waals surface area contributed by atoms with E-state index in [0.717, 1.165) is 11.3 Å². The van der Waals surface area contributed by atoms with Crippen molar-refractivity contribution in [3.63, 3.8) is 0 Å². The normalized spacial score (nSPS) is 10.8. The number of hydrogen-bond acceptors (Lipinski definition) is 3. The average Bonchev–Trinajstić information content (AvgIpc) is 2.97. The van der Waals surface area contributed by atoms with Crippen molar-refractivity contribution in [3.8, 4) is 0 Å². The fourth-order valence-electron chi connectivity index (χ4n) is 1.91. The highest BCUT2D eigenvalue weighted by molar-refractivity contribution is 9.10. The Hall–Kier alpha value is -2.15. The van der Waals surface area contributed by atoms with Crippen LogP contribution in [0.3, 0.4) is 0 Å². The Morgan fingerprint density at radius 2 is 2.26 bits per heavy atom. The molecule has 96 valence electrons. The van der Waals surface area contributed by atoms with Crippen molar-refractivity contribution in [2.24, 2.45) is 0 Å². The zero-order chi connectivity index (χ0) is 13.4. The zero-order valence-corrected chi connectivity index (χ0v) is 11.6. The fraction of sp³-hybridized carbons (Fsp3) is 0.0833. The first-order chi connectivity index (χ1) is 9.16. The number of carbonyl (C=O) groups excluding carboxylic acids is 1. The van der Waals surface area contributed by atoms with Crippen molar-refractivity contribution < 1.29 is 4.79 Å². The van der Waals surface area contributed by atoms with Crippen LogP contribution in [0.4, 0.5) is 5.69 Å². The van der Waals surface area contributed by atoms with Crippen LogP contribution >= 0.6 is 15.9 Å². The number of nitrogens with zero attached hydrogens (tertiary/aromatic N) is 3. The molecule has 0 unspecified atom stereocenters. The summed E-state index contributed by atoms with van der Waals surface area (Å²) in [6.45, 7) is 1.91. The van der Waals surface area contributed by atoms with Crippen LogP contribution in [0.5, 0.6) is 0 Å². The summed E-state index contributed by atoms with van der Waals surface area (Å²) in [5, 5.41) is 9.32. The third-order valence-electron chi connectivity index (χ3n) is 2.78. The quantitative estimate of drug-likeness (QED) is 0.761. The highest BCUT2D eigenvalue weighted by Crippen LogP contribution is 2.19. The highest BCUT2D eigenvalue weighted by atomic mass is 79.9. The number of carbonyl (C=O) groups is 1. The minimum absolute atomic E-state index is 0.214. The summed E-state index contributed by atoms with van der Waals surface area (Å²) >= 11 is 3.27. The van der Waals surface area contributed by atoms with Gasteiger partial charge in [0.15, 0.2) is 0 Å². The summed E-state index contributed by atoms with van der Waals surface area (Å²) in [4.78, 5) is 16.5. The molecule has 2 N–H and O–H groups in total. The van der Waals surface area contributed by atoms with Crippen LogP contribution in [-0.2, 0) is 0 Å². The number of rotatable bonds is 2. The van der Waals surface area contributed by atoms with Crippen LogP contribution < -0.4 is 5.32 Å². The molecule has 0 fully saturated rings. The Morgan fingerprint density at radius 3 is 3.00 bits per heavy atom. The van der Waals surface area contributed by atoms with E-state index >= 15 is 0 Å². The summed E-state index contributed by atoms with van der Waals surface area (Å²) < 4.78 is 2.44. The molecular weight excluding hydrogens is 310 g/mol. The minimum Gasteiger partial charge on any atom is -0.317 e. The largest absolute Gasteiger partial charge is 0.317 e. The summed E-state index contributed by atoms with van der Waals surface area (Å²) in [7, 11) is 0. The number of pyridine rings is 1. The lowest BCUT2D eigenvalue weighted by molar-refractivity contribution is 0.102. The molecule has 0 aliphatic heterocycles. The molecule has 6 nitrogen and oxygen atoms in total. The second-order valence-electron chi connectivity index (χ2n) is 4.06. The van der Waals surface area contributed by atoms with Crippen molar-refractivity contribution in [1.82, 2.24) is 19.6 Å². The second-order valence-corrected chi connectivity index (χ2v) is 4.85. The maximum Gasteiger partial charge on any atom is 0.272 e. The molecular formula is C12H10BrN5O. The Bertz CT molecular complexity index is 760. The van der Waals surface area contributed by atoms with Crippen LogP contribution in [0.1, 0.15) is 16.2 Å². The third-order valence-corrected chi connectivity index (χ3v) is 3.38. The first kappa shape index (κ1) is 11.9. The number of imidazole rings is 1. The standard InChI is InChI=1S/C12H10BrN5O/c1-7-5-14-10-4-2-3-9(18(7)10)12(19)16-8-6-15-17-11(8)13/h2-6H,1H3,(H,15,17)(H,16,19). The van der Waals surface area contributed by atoms with Gasteiger partial charge in [-0.3, -0.25) is 14.3 Å². The van der Waals surface area contributed by atoms with E-state index in [0.29, 0.717) is 16.0 Å². The molecule has 0 radical (unpaired) electrons. The van der Waals surface area contributed by atoms with Gasteiger partial charge in [0.2, 0.25) is 0 Å². The average molecular weight is 320 g/mol. The zero-order valence-electron chi connectivity index (χ0n) is 10.0. The van der Waals surface area contributed by atoms with E-state index in [2.05, 4.69) is 36.4 Å². The number of H-pyrrole nitrogens is 1. The highest BCUT2D eigenvalue weighted by Gasteiger charge is 2.14. The second kappa shape index (κ2) is 4.51. The van der Waals surface area contributed by atoms with Gasteiger partial charge < -0.3 is 5.32 Å². The van der Waals surface area contributed by atoms with E-state index in [-0.39, 0.29) is 5.91 Å². The Balaban J connectivity index is 2.02. The summed E-state index contributed by atoms with van der Waals surface area (Å²) in [5.74, 6) is -0.214. The van der Waals surface area contributed by atoms with Gasteiger partial charge in [-0.2, -0.15) is 5.10 Å². The van der Waals surface area contributed by atoms with Gasteiger partial charge in [0, 0.05) is 11.9 Å². The minimum atomic E-state index is -0.214. The molecule has 0 bridgehead atoms. The van der Waals surface area contributed by atoms with Crippen LogP contribution in [0.25, 0.3) is 5.65 Å². The number of aromatic amines is 1. The summed E-state index contributed by atoms with van der Waals surface area (Å²) in [6, 6.07) is 5.42. The fourth-order valence-corrected chi connectivity index (χ4v) is 2.21. The van der Waals surface area contributed by atoms with Gasteiger partial charge >= 0.3 is 0 Å². The lowest BCUT2D eigenvalue weighted by Crippen LogP contribution is -2.16. The molecule has 0 aliphatic rings. The molecule has 1 amide bonds. The van der Waals surface area contributed by atoms with Crippen molar-refractivity contribution in [3.05, 3.63) is 46.6 Å². The topological polar surface area (TPSA) is 75.1 Å².